The number of nitrogens with zero attached hydrogens (tertiary/aromatic N) is 1. The molecule has 2 rings (SSSR count). The van der Waals surface area contributed by atoms with Crippen LogP contribution in [0.15, 0.2) is 18.3 Å². The second kappa shape index (κ2) is 4.00. The van der Waals surface area contributed by atoms with E-state index in [1.807, 2.05) is 12.1 Å². The normalized spacial score (nSPS) is 18.4. The highest BCUT2D eigenvalue weighted by molar-refractivity contribution is 8.15. The van der Waals surface area contributed by atoms with E-state index in [9.17, 15) is 8.42 Å². The van der Waals surface area contributed by atoms with E-state index in [4.69, 9.17) is 10.7 Å². The number of aryl methyl sites for hydroxylation is 1. The standard InChI is InChI=1S/C11H14ClNO2S/c1-2-9-3-4-10(13-8-9)7-11(5-6-11)16(12,14)15/h3-4,8H,2,5-7H2,1H3. The fraction of sp³-hybridized carbons (Fsp3) is 0.545. The molecule has 0 atom stereocenters. The first-order valence-corrected chi connectivity index (χ1v) is 7.66. The molecular weight excluding hydrogens is 246 g/mol. The van der Waals surface area contributed by atoms with Crippen molar-refractivity contribution in [2.24, 2.45) is 0 Å². The Morgan fingerprint density at radius 1 is 1.44 bits per heavy atom. The average Bonchev–Trinajstić information content (AvgIpc) is 2.99. The Labute approximate surface area is 100 Å². The van der Waals surface area contributed by atoms with Gasteiger partial charge in [0.15, 0.2) is 0 Å². The van der Waals surface area contributed by atoms with Crippen molar-refractivity contribution >= 4 is 19.7 Å². The molecule has 0 unspecified atom stereocenters. The predicted octanol–water partition coefficient (Wildman–Crippen LogP) is 2.29. The Morgan fingerprint density at radius 2 is 2.12 bits per heavy atom. The molecule has 1 aliphatic carbocycles. The summed E-state index contributed by atoms with van der Waals surface area (Å²) >= 11 is 0. The van der Waals surface area contributed by atoms with Crippen LogP contribution < -0.4 is 0 Å². The van der Waals surface area contributed by atoms with Gasteiger partial charge in [-0.1, -0.05) is 13.0 Å². The monoisotopic (exact) mass is 259 g/mol. The molecule has 0 spiro atoms. The third kappa shape index (κ3) is 2.23. The second-order valence-electron chi connectivity index (χ2n) is 4.31. The number of hydrogen-bond acceptors (Lipinski definition) is 3. The van der Waals surface area contributed by atoms with Crippen molar-refractivity contribution in [2.75, 3.05) is 0 Å². The van der Waals surface area contributed by atoms with E-state index >= 15 is 0 Å². The van der Waals surface area contributed by atoms with E-state index in [1.165, 1.54) is 0 Å². The third-order valence-electron chi connectivity index (χ3n) is 3.12. The van der Waals surface area contributed by atoms with Gasteiger partial charge in [-0.3, -0.25) is 4.98 Å². The van der Waals surface area contributed by atoms with E-state index in [-0.39, 0.29) is 0 Å². The Morgan fingerprint density at radius 3 is 2.50 bits per heavy atom. The predicted molar refractivity (Wildman–Crippen MR) is 64.1 cm³/mol. The zero-order chi connectivity index (χ0) is 11.8. The fourth-order valence-electron chi connectivity index (χ4n) is 1.75. The van der Waals surface area contributed by atoms with Crippen molar-refractivity contribution in [1.82, 2.24) is 4.98 Å². The molecular formula is C11H14ClNO2S. The Bertz CT molecular complexity index is 477. The Hall–Kier alpha value is -0.610. The van der Waals surface area contributed by atoms with Crippen LogP contribution in [0.1, 0.15) is 31.0 Å². The van der Waals surface area contributed by atoms with E-state index in [0.29, 0.717) is 19.3 Å². The molecule has 1 fully saturated rings. The maximum absolute atomic E-state index is 11.4. The number of rotatable bonds is 4. The first-order chi connectivity index (χ1) is 7.47. The van der Waals surface area contributed by atoms with Gasteiger partial charge in [0.05, 0.1) is 4.75 Å². The second-order valence-corrected chi connectivity index (χ2v) is 7.27. The van der Waals surface area contributed by atoms with Gasteiger partial charge in [-0.25, -0.2) is 8.42 Å². The van der Waals surface area contributed by atoms with Crippen LogP contribution in [0.2, 0.25) is 0 Å². The van der Waals surface area contributed by atoms with Crippen molar-refractivity contribution in [2.45, 2.75) is 37.4 Å². The molecule has 0 bridgehead atoms. The summed E-state index contributed by atoms with van der Waals surface area (Å²) in [4.78, 5) is 4.27. The minimum absolute atomic E-state index is 0.433. The molecule has 0 saturated heterocycles. The molecule has 0 N–H and O–H groups in total. The quantitative estimate of drug-likeness (QED) is 0.780. The summed E-state index contributed by atoms with van der Waals surface area (Å²) < 4.78 is 22.0. The lowest BCUT2D eigenvalue weighted by atomic mass is 10.1. The van der Waals surface area contributed by atoms with E-state index in [0.717, 1.165) is 17.7 Å². The summed E-state index contributed by atoms with van der Waals surface area (Å²) in [7, 11) is 1.97. The molecule has 1 heterocycles. The van der Waals surface area contributed by atoms with Crippen LogP contribution in [0.3, 0.4) is 0 Å². The van der Waals surface area contributed by atoms with Crippen LogP contribution in [0.4, 0.5) is 0 Å². The van der Waals surface area contributed by atoms with Crippen LogP contribution in [-0.2, 0) is 21.9 Å². The SMILES string of the molecule is CCc1ccc(CC2(S(=O)(=O)Cl)CC2)nc1. The summed E-state index contributed by atoms with van der Waals surface area (Å²) in [6.07, 6.45) is 4.47. The topological polar surface area (TPSA) is 47.0 Å². The van der Waals surface area contributed by atoms with Crippen molar-refractivity contribution in [3.63, 3.8) is 0 Å². The highest BCUT2D eigenvalue weighted by atomic mass is 35.7. The molecule has 0 amide bonds. The zero-order valence-electron chi connectivity index (χ0n) is 9.11. The van der Waals surface area contributed by atoms with Gasteiger partial charge in [-0.05, 0) is 30.9 Å². The van der Waals surface area contributed by atoms with Crippen LogP contribution in [-0.4, -0.2) is 18.1 Å². The van der Waals surface area contributed by atoms with E-state index in [1.54, 1.807) is 6.20 Å². The molecule has 1 aromatic rings. The van der Waals surface area contributed by atoms with Gasteiger partial charge < -0.3 is 0 Å². The lowest BCUT2D eigenvalue weighted by molar-refractivity contribution is 0.589. The Balaban J connectivity index is 2.16. The van der Waals surface area contributed by atoms with Gasteiger partial charge in [0.25, 0.3) is 0 Å². The minimum Gasteiger partial charge on any atom is -0.261 e. The van der Waals surface area contributed by atoms with Gasteiger partial charge in [0, 0.05) is 29.0 Å². The molecule has 0 aliphatic heterocycles. The average molecular weight is 260 g/mol. The summed E-state index contributed by atoms with van der Waals surface area (Å²) in [6.45, 7) is 2.06. The molecule has 5 heteroatoms. The highest BCUT2D eigenvalue weighted by Crippen LogP contribution is 2.47. The van der Waals surface area contributed by atoms with Gasteiger partial charge >= 0.3 is 0 Å². The summed E-state index contributed by atoms with van der Waals surface area (Å²) in [5, 5.41) is 0. The first-order valence-electron chi connectivity index (χ1n) is 5.35. The molecule has 1 saturated carbocycles. The Kier molecular flexibility index (Phi) is 2.97. The van der Waals surface area contributed by atoms with Gasteiger partial charge in [-0.15, -0.1) is 0 Å². The van der Waals surface area contributed by atoms with Crippen molar-refractivity contribution < 1.29 is 8.42 Å². The smallest absolute Gasteiger partial charge is 0.238 e. The summed E-state index contributed by atoms with van der Waals surface area (Å²) in [5.41, 5.74) is 1.96. The molecule has 1 aliphatic rings. The molecule has 16 heavy (non-hydrogen) atoms. The summed E-state index contributed by atoms with van der Waals surface area (Å²) in [6, 6.07) is 3.88. The lowest BCUT2D eigenvalue weighted by Crippen LogP contribution is -2.21. The highest BCUT2D eigenvalue weighted by Gasteiger charge is 2.53. The van der Waals surface area contributed by atoms with Gasteiger partial charge in [0.1, 0.15) is 0 Å². The van der Waals surface area contributed by atoms with Gasteiger partial charge in [-0.2, -0.15) is 0 Å². The molecule has 0 radical (unpaired) electrons. The number of aromatic nitrogens is 1. The van der Waals surface area contributed by atoms with Crippen LogP contribution in [0.25, 0.3) is 0 Å². The maximum atomic E-state index is 11.4. The van der Waals surface area contributed by atoms with Crippen LogP contribution >= 0.6 is 10.7 Å². The summed E-state index contributed by atoms with van der Waals surface area (Å²) in [5.74, 6) is 0. The fourth-order valence-corrected chi connectivity index (χ4v) is 3.28. The number of pyridine rings is 1. The van der Waals surface area contributed by atoms with Crippen molar-refractivity contribution in [3.05, 3.63) is 29.6 Å². The maximum Gasteiger partial charge on any atom is 0.238 e. The van der Waals surface area contributed by atoms with E-state index in [2.05, 4.69) is 11.9 Å². The molecule has 1 aromatic heterocycles. The molecule has 0 aromatic carbocycles. The van der Waals surface area contributed by atoms with Gasteiger partial charge in [0.2, 0.25) is 9.05 Å². The molecule has 88 valence electrons. The number of hydrogen-bond donors (Lipinski definition) is 0. The number of halogens is 1. The van der Waals surface area contributed by atoms with Crippen molar-refractivity contribution in [3.8, 4) is 0 Å². The lowest BCUT2D eigenvalue weighted by Gasteiger charge is -2.10. The van der Waals surface area contributed by atoms with Crippen LogP contribution in [0.5, 0.6) is 0 Å². The third-order valence-corrected chi connectivity index (χ3v) is 5.69. The van der Waals surface area contributed by atoms with Crippen LogP contribution in [0, 0.1) is 0 Å². The minimum atomic E-state index is -3.47. The van der Waals surface area contributed by atoms with Crippen molar-refractivity contribution in [1.29, 1.82) is 0 Å². The van der Waals surface area contributed by atoms with E-state index < -0.39 is 13.8 Å². The first kappa shape index (κ1) is 11.9. The largest absolute Gasteiger partial charge is 0.261 e. The molecule has 3 nitrogen and oxygen atoms in total. The zero-order valence-corrected chi connectivity index (χ0v) is 10.7.